The molecule has 2 aliphatic rings. The summed E-state index contributed by atoms with van der Waals surface area (Å²) in [6.07, 6.45) is 12.7. The summed E-state index contributed by atoms with van der Waals surface area (Å²) in [4.78, 5) is 23.4. The summed E-state index contributed by atoms with van der Waals surface area (Å²) in [6, 6.07) is 9.64. The lowest BCUT2D eigenvalue weighted by molar-refractivity contribution is 0.236. The first kappa shape index (κ1) is 24.0. The molecule has 1 fully saturated rings. The summed E-state index contributed by atoms with van der Waals surface area (Å²) in [7, 11) is 1.59. The summed E-state index contributed by atoms with van der Waals surface area (Å²) < 4.78 is 5.24. The van der Waals surface area contributed by atoms with Crippen LogP contribution in [0.5, 0.6) is 5.88 Å². The second-order valence-electron chi connectivity index (χ2n) is 10.2. The van der Waals surface area contributed by atoms with E-state index in [4.69, 9.17) is 14.7 Å². The highest BCUT2D eigenvalue weighted by atomic mass is 16.5. The van der Waals surface area contributed by atoms with Crippen LogP contribution in [0.2, 0.25) is 0 Å². The largest absolute Gasteiger partial charge is 0.481 e. The molecule has 38 heavy (non-hydrogen) atoms. The Balaban J connectivity index is 1.42. The molecule has 6 rings (SSSR count). The number of fused-ring (bicyclic) bond motifs is 1. The molecule has 1 aliphatic heterocycles. The van der Waals surface area contributed by atoms with Crippen molar-refractivity contribution < 1.29 is 4.74 Å². The average molecular weight is 507 g/mol. The van der Waals surface area contributed by atoms with Gasteiger partial charge in [0.05, 0.1) is 24.2 Å². The molecule has 1 unspecified atom stereocenters. The lowest BCUT2D eigenvalue weighted by Gasteiger charge is -2.40. The SMILES string of the molecule is COc1cccc(Nc2cc(-c3nc(NC4CCNCC4(C)C)c4c(C5=CC=C5)cncc4n3)ccn2)n1. The first-order valence-electron chi connectivity index (χ1n) is 12.8. The minimum Gasteiger partial charge on any atom is -0.481 e. The fourth-order valence-electron chi connectivity index (χ4n) is 4.88. The summed E-state index contributed by atoms with van der Waals surface area (Å²) in [5, 5.41) is 11.6. The molecule has 4 aromatic heterocycles. The Kier molecular flexibility index (Phi) is 6.21. The van der Waals surface area contributed by atoms with Crippen molar-refractivity contribution in [1.29, 1.82) is 0 Å². The Bertz CT molecular complexity index is 1560. The lowest BCUT2D eigenvalue weighted by Crippen LogP contribution is -2.49. The van der Waals surface area contributed by atoms with Gasteiger partial charge in [-0.05, 0) is 42.2 Å². The number of nitrogens with zero attached hydrogens (tertiary/aromatic N) is 5. The first-order chi connectivity index (χ1) is 18.5. The third kappa shape index (κ3) is 4.68. The van der Waals surface area contributed by atoms with Crippen LogP contribution in [-0.4, -0.2) is 51.2 Å². The van der Waals surface area contributed by atoms with E-state index >= 15 is 0 Å². The maximum atomic E-state index is 5.24. The maximum Gasteiger partial charge on any atom is 0.214 e. The van der Waals surface area contributed by atoms with Crippen LogP contribution in [0, 0.1) is 5.41 Å². The predicted octanol–water partition coefficient (Wildman–Crippen LogP) is 4.99. The van der Waals surface area contributed by atoms with Gasteiger partial charge in [-0.25, -0.2) is 15.0 Å². The zero-order valence-corrected chi connectivity index (χ0v) is 21.7. The second kappa shape index (κ2) is 9.83. The molecule has 0 amide bonds. The number of ether oxygens (including phenoxy) is 1. The fraction of sp³-hybridized carbons (Fsp3) is 0.276. The zero-order chi connectivity index (χ0) is 26.1. The molecule has 0 bridgehead atoms. The van der Waals surface area contributed by atoms with Crippen molar-refractivity contribution in [2.45, 2.75) is 26.3 Å². The minimum absolute atomic E-state index is 0.0655. The molecule has 9 nitrogen and oxygen atoms in total. The molecule has 4 aromatic rings. The Morgan fingerprint density at radius 2 is 1.97 bits per heavy atom. The highest BCUT2D eigenvalue weighted by Gasteiger charge is 2.33. The molecule has 3 N–H and O–H groups in total. The topological polar surface area (TPSA) is 110 Å². The minimum atomic E-state index is 0.0655. The zero-order valence-electron chi connectivity index (χ0n) is 21.7. The van der Waals surface area contributed by atoms with E-state index in [1.165, 1.54) is 0 Å². The molecule has 1 aliphatic carbocycles. The van der Waals surface area contributed by atoms with Gasteiger partial charge in [-0.1, -0.05) is 38.1 Å². The maximum absolute atomic E-state index is 5.24. The highest BCUT2D eigenvalue weighted by Crippen LogP contribution is 2.36. The Morgan fingerprint density at radius 1 is 1.08 bits per heavy atom. The molecule has 0 spiro atoms. The van der Waals surface area contributed by atoms with Crippen LogP contribution in [0.3, 0.4) is 0 Å². The Hall–Kier alpha value is -4.37. The van der Waals surface area contributed by atoms with Crippen LogP contribution in [0.25, 0.3) is 27.9 Å². The van der Waals surface area contributed by atoms with E-state index in [1.807, 2.05) is 42.7 Å². The number of allylic oxidation sites excluding steroid dienone is 4. The smallest absolute Gasteiger partial charge is 0.214 e. The van der Waals surface area contributed by atoms with Gasteiger partial charge in [-0.3, -0.25) is 4.98 Å². The van der Waals surface area contributed by atoms with Gasteiger partial charge < -0.3 is 20.7 Å². The molecule has 0 saturated carbocycles. The number of pyridine rings is 3. The van der Waals surface area contributed by atoms with E-state index in [9.17, 15) is 0 Å². The number of hydrogen-bond acceptors (Lipinski definition) is 9. The van der Waals surface area contributed by atoms with Gasteiger partial charge in [0.15, 0.2) is 5.82 Å². The van der Waals surface area contributed by atoms with Crippen LogP contribution in [-0.2, 0) is 0 Å². The van der Waals surface area contributed by atoms with Crippen LogP contribution in [0.4, 0.5) is 17.5 Å². The van der Waals surface area contributed by atoms with Crippen molar-refractivity contribution >= 4 is 33.9 Å². The molecule has 1 atom stereocenters. The van der Waals surface area contributed by atoms with Gasteiger partial charge in [0.2, 0.25) is 5.88 Å². The van der Waals surface area contributed by atoms with Gasteiger partial charge in [0, 0.05) is 42.2 Å². The van der Waals surface area contributed by atoms with Crippen LogP contribution in [0.1, 0.15) is 25.8 Å². The van der Waals surface area contributed by atoms with Crippen molar-refractivity contribution in [2.75, 3.05) is 30.8 Å². The van der Waals surface area contributed by atoms with E-state index < -0.39 is 0 Å². The number of nitrogens with one attached hydrogen (secondary N) is 3. The number of anilines is 3. The van der Waals surface area contributed by atoms with E-state index in [2.05, 4.69) is 56.9 Å². The highest BCUT2D eigenvalue weighted by molar-refractivity contribution is 6.02. The number of hydrogen-bond donors (Lipinski definition) is 3. The van der Waals surface area contributed by atoms with Crippen molar-refractivity contribution in [3.63, 3.8) is 0 Å². The number of piperidine rings is 1. The molecule has 192 valence electrons. The van der Waals surface area contributed by atoms with Crippen molar-refractivity contribution in [3.8, 4) is 17.3 Å². The van der Waals surface area contributed by atoms with Gasteiger partial charge >= 0.3 is 0 Å². The van der Waals surface area contributed by atoms with Crippen molar-refractivity contribution in [3.05, 3.63) is 72.7 Å². The van der Waals surface area contributed by atoms with Gasteiger partial charge in [0.25, 0.3) is 0 Å². The Labute approximate surface area is 221 Å². The van der Waals surface area contributed by atoms with Crippen molar-refractivity contribution in [2.24, 2.45) is 5.41 Å². The first-order valence-corrected chi connectivity index (χ1v) is 12.8. The quantitative estimate of drug-likeness (QED) is 0.319. The van der Waals surface area contributed by atoms with E-state index in [0.29, 0.717) is 23.3 Å². The molecule has 0 radical (unpaired) electrons. The van der Waals surface area contributed by atoms with Gasteiger partial charge in [-0.2, -0.15) is 4.98 Å². The van der Waals surface area contributed by atoms with Crippen LogP contribution >= 0.6 is 0 Å². The summed E-state index contributed by atoms with van der Waals surface area (Å²) in [5.74, 6) is 3.23. The number of methoxy groups -OCH3 is 1. The monoisotopic (exact) mass is 506 g/mol. The predicted molar refractivity (Wildman–Crippen MR) is 150 cm³/mol. The molecule has 9 heteroatoms. The second-order valence-corrected chi connectivity index (χ2v) is 10.2. The van der Waals surface area contributed by atoms with E-state index in [0.717, 1.165) is 52.9 Å². The van der Waals surface area contributed by atoms with E-state index in [1.54, 1.807) is 19.4 Å². The molecular weight excluding hydrogens is 476 g/mol. The number of rotatable bonds is 7. The Morgan fingerprint density at radius 3 is 2.76 bits per heavy atom. The summed E-state index contributed by atoms with van der Waals surface area (Å²) in [6.45, 7) is 6.49. The third-order valence-corrected chi connectivity index (χ3v) is 7.12. The fourth-order valence-corrected chi connectivity index (χ4v) is 4.88. The number of aromatic nitrogens is 5. The van der Waals surface area contributed by atoms with Crippen molar-refractivity contribution in [1.82, 2.24) is 30.2 Å². The lowest BCUT2D eigenvalue weighted by atomic mass is 9.80. The average Bonchev–Trinajstić information content (AvgIpc) is 2.89. The van der Waals surface area contributed by atoms with Crippen LogP contribution < -0.4 is 20.7 Å². The van der Waals surface area contributed by atoms with Crippen LogP contribution in [0.15, 0.2) is 67.2 Å². The normalized spacial score (nSPS) is 18.0. The standard InChI is InChI=1S/C29H30N8O/c1-29(2)17-30-12-11-22(29)34-28-26-20(18-6-4-7-18)15-31-16-21(26)33-27(37-28)19-10-13-32-24(14-19)35-23-8-5-9-25(36-23)38-3/h4-10,13-16,22,30H,11-12,17H2,1-3H3,(H,32,35,36)(H,33,34,37). The molecule has 1 saturated heterocycles. The molecular formula is C29H30N8O. The summed E-state index contributed by atoms with van der Waals surface area (Å²) in [5.41, 5.74) is 3.87. The van der Waals surface area contributed by atoms with E-state index in [-0.39, 0.29) is 11.5 Å². The summed E-state index contributed by atoms with van der Waals surface area (Å²) >= 11 is 0. The molecule has 0 aromatic carbocycles. The van der Waals surface area contributed by atoms with Gasteiger partial charge in [-0.15, -0.1) is 0 Å². The third-order valence-electron chi connectivity index (χ3n) is 7.12. The molecule has 5 heterocycles. The van der Waals surface area contributed by atoms with Gasteiger partial charge in [0.1, 0.15) is 17.5 Å².